The number of carbonyl (C=O) groups excluding carboxylic acids is 2. The van der Waals surface area contributed by atoms with Gasteiger partial charge in [0.25, 0.3) is 17.4 Å². The summed E-state index contributed by atoms with van der Waals surface area (Å²) in [5, 5.41) is 2.47. The quantitative estimate of drug-likeness (QED) is 0.798. The Morgan fingerprint density at radius 1 is 1.09 bits per heavy atom. The van der Waals surface area contributed by atoms with Gasteiger partial charge in [0.1, 0.15) is 11.6 Å². The number of pyridine rings is 1. The van der Waals surface area contributed by atoms with Crippen molar-refractivity contribution in [2.75, 3.05) is 12.8 Å². The van der Waals surface area contributed by atoms with Gasteiger partial charge in [0, 0.05) is 12.1 Å². The number of nitrogen functional groups attached to an aromatic ring is 1. The number of ether oxygens (including phenoxy) is 1. The summed E-state index contributed by atoms with van der Waals surface area (Å²) in [5.41, 5.74) is 5.37. The minimum absolute atomic E-state index is 0.0641. The van der Waals surface area contributed by atoms with E-state index in [0.29, 0.717) is 0 Å². The molecule has 3 rings (SSSR count). The van der Waals surface area contributed by atoms with E-state index in [1.54, 1.807) is 0 Å². The van der Waals surface area contributed by atoms with Gasteiger partial charge in [-0.3, -0.25) is 24.3 Å². The molecule has 2 aromatic rings. The molecule has 0 spiro atoms. The first kappa shape index (κ1) is 15.4. The molecule has 0 fully saturated rings. The number of rotatable bonds is 2. The highest BCUT2D eigenvalue weighted by Crippen LogP contribution is 2.34. The van der Waals surface area contributed by atoms with Crippen molar-refractivity contribution in [2.24, 2.45) is 0 Å². The third kappa shape index (κ3) is 2.25. The molecule has 2 heterocycles. The first-order valence-corrected chi connectivity index (χ1v) is 7.05. The van der Waals surface area contributed by atoms with Crippen LogP contribution in [0.2, 0.25) is 10.0 Å². The molecule has 1 aromatic heterocycles. The minimum atomic E-state index is -0.673. The second-order valence-electron chi connectivity index (χ2n) is 4.71. The molecule has 3 N–H and O–H groups in total. The molecule has 7 nitrogen and oxygen atoms in total. The number of hydrogen-bond donors (Lipinski definition) is 2. The van der Waals surface area contributed by atoms with Crippen molar-refractivity contribution in [3.05, 3.63) is 49.7 Å². The van der Waals surface area contributed by atoms with Crippen LogP contribution in [-0.2, 0) is 0 Å². The van der Waals surface area contributed by atoms with Crippen LogP contribution in [0.1, 0.15) is 20.7 Å². The number of aromatic nitrogens is 1. The minimum Gasteiger partial charge on any atom is -0.495 e. The SMILES string of the molecule is COc1cc(-n2c(N)c3c(cc2=O)C(=O)NC3=O)c(Cl)cc1Cl. The summed E-state index contributed by atoms with van der Waals surface area (Å²) >= 11 is 12.1. The van der Waals surface area contributed by atoms with Crippen LogP contribution in [0.5, 0.6) is 5.75 Å². The number of nitrogens with zero attached hydrogens (tertiary/aromatic N) is 1. The van der Waals surface area contributed by atoms with Crippen molar-refractivity contribution in [1.82, 2.24) is 9.88 Å². The van der Waals surface area contributed by atoms with Crippen LogP contribution in [0.15, 0.2) is 23.0 Å². The van der Waals surface area contributed by atoms with Gasteiger partial charge in [0.05, 0.1) is 34.0 Å². The molecule has 0 radical (unpaired) electrons. The average molecular weight is 354 g/mol. The second kappa shape index (κ2) is 5.29. The van der Waals surface area contributed by atoms with E-state index in [1.807, 2.05) is 0 Å². The largest absolute Gasteiger partial charge is 0.495 e. The zero-order valence-corrected chi connectivity index (χ0v) is 13.2. The number of amides is 2. The molecule has 0 saturated carbocycles. The zero-order chi connectivity index (χ0) is 16.9. The van der Waals surface area contributed by atoms with E-state index in [2.05, 4.69) is 5.32 Å². The van der Waals surface area contributed by atoms with Gasteiger partial charge in [-0.05, 0) is 6.07 Å². The maximum Gasteiger partial charge on any atom is 0.262 e. The number of benzene rings is 1. The Kier molecular flexibility index (Phi) is 3.54. The highest BCUT2D eigenvalue weighted by molar-refractivity contribution is 6.36. The van der Waals surface area contributed by atoms with Crippen molar-refractivity contribution in [3.63, 3.8) is 0 Å². The summed E-state index contributed by atoms with van der Waals surface area (Å²) in [6.07, 6.45) is 0. The highest BCUT2D eigenvalue weighted by atomic mass is 35.5. The zero-order valence-electron chi connectivity index (χ0n) is 11.6. The number of hydrogen-bond acceptors (Lipinski definition) is 5. The van der Waals surface area contributed by atoms with E-state index < -0.39 is 17.4 Å². The van der Waals surface area contributed by atoms with Crippen LogP contribution < -0.4 is 21.3 Å². The fraction of sp³-hybridized carbons (Fsp3) is 0.0714. The number of carbonyl (C=O) groups is 2. The number of methoxy groups -OCH3 is 1. The Bertz CT molecular complexity index is 937. The van der Waals surface area contributed by atoms with Gasteiger partial charge in [0.15, 0.2) is 0 Å². The molecular formula is C14H9Cl2N3O4. The van der Waals surface area contributed by atoms with Gasteiger partial charge in [-0.25, -0.2) is 0 Å². The molecule has 0 aliphatic carbocycles. The molecular weight excluding hydrogens is 345 g/mol. The van der Waals surface area contributed by atoms with Crippen molar-refractivity contribution in [2.45, 2.75) is 0 Å². The average Bonchev–Trinajstić information content (AvgIpc) is 2.75. The van der Waals surface area contributed by atoms with E-state index in [9.17, 15) is 14.4 Å². The lowest BCUT2D eigenvalue weighted by Gasteiger charge is -2.15. The first-order valence-electron chi connectivity index (χ1n) is 6.29. The topological polar surface area (TPSA) is 103 Å². The fourth-order valence-corrected chi connectivity index (χ4v) is 2.92. The molecule has 0 saturated heterocycles. The Hall–Kier alpha value is -2.51. The van der Waals surface area contributed by atoms with Gasteiger partial charge in [-0.1, -0.05) is 23.2 Å². The summed E-state index contributed by atoms with van der Waals surface area (Å²) in [5.74, 6) is -1.26. The smallest absolute Gasteiger partial charge is 0.262 e. The highest BCUT2D eigenvalue weighted by Gasteiger charge is 2.32. The normalized spacial score (nSPS) is 13.0. The predicted octanol–water partition coefficient (Wildman–Crippen LogP) is 1.62. The van der Waals surface area contributed by atoms with Gasteiger partial charge in [-0.15, -0.1) is 0 Å². The molecule has 23 heavy (non-hydrogen) atoms. The lowest BCUT2D eigenvalue weighted by Crippen LogP contribution is -2.24. The Morgan fingerprint density at radius 2 is 1.78 bits per heavy atom. The van der Waals surface area contributed by atoms with Crippen molar-refractivity contribution < 1.29 is 14.3 Å². The van der Waals surface area contributed by atoms with E-state index >= 15 is 0 Å². The summed E-state index contributed by atoms with van der Waals surface area (Å²) in [4.78, 5) is 35.8. The monoisotopic (exact) mass is 353 g/mol. The van der Waals surface area contributed by atoms with Gasteiger partial charge < -0.3 is 10.5 Å². The first-order chi connectivity index (χ1) is 10.8. The molecule has 0 unspecified atom stereocenters. The van der Waals surface area contributed by atoms with Crippen molar-refractivity contribution in [1.29, 1.82) is 0 Å². The van der Waals surface area contributed by atoms with E-state index in [1.165, 1.54) is 19.2 Å². The van der Waals surface area contributed by atoms with Gasteiger partial charge >= 0.3 is 0 Å². The summed E-state index contributed by atoms with van der Waals surface area (Å²) in [7, 11) is 1.40. The molecule has 1 aromatic carbocycles. The number of nitrogens with two attached hydrogens (primary N) is 1. The number of halogens is 2. The maximum absolute atomic E-state index is 12.3. The van der Waals surface area contributed by atoms with Crippen LogP contribution in [0.4, 0.5) is 5.82 Å². The molecule has 0 bridgehead atoms. The van der Waals surface area contributed by atoms with Crippen LogP contribution in [0, 0.1) is 0 Å². The fourth-order valence-electron chi connectivity index (χ4n) is 2.37. The number of fused-ring (bicyclic) bond motifs is 1. The van der Waals surface area contributed by atoms with Crippen LogP contribution in [-0.4, -0.2) is 23.5 Å². The Labute approximate surface area is 139 Å². The van der Waals surface area contributed by atoms with Crippen LogP contribution in [0.3, 0.4) is 0 Å². The molecule has 1 aliphatic heterocycles. The molecule has 9 heteroatoms. The third-order valence-corrected chi connectivity index (χ3v) is 4.01. The Balaban J connectivity index is 2.35. The lowest BCUT2D eigenvalue weighted by molar-refractivity contribution is 0.0880. The van der Waals surface area contributed by atoms with E-state index in [-0.39, 0.29) is 38.4 Å². The Morgan fingerprint density at radius 3 is 2.43 bits per heavy atom. The second-order valence-corrected chi connectivity index (χ2v) is 5.53. The van der Waals surface area contributed by atoms with E-state index in [0.717, 1.165) is 10.6 Å². The maximum atomic E-state index is 12.3. The molecule has 0 atom stereocenters. The van der Waals surface area contributed by atoms with Crippen molar-refractivity contribution >= 4 is 40.8 Å². The van der Waals surface area contributed by atoms with Crippen molar-refractivity contribution in [3.8, 4) is 11.4 Å². The summed E-state index contributed by atoms with van der Waals surface area (Å²) in [6.45, 7) is 0. The molecule has 118 valence electrons. The van der Waals surface area contributed by atoms with Gasteiger partial charge in [-0.2, -0.15) is 0 Å². The van der Waals surface area contributed by atoms with Crippen LogP contribution >= 0.6 is 23.2 Å². The third-order valence-electron chi connectivity index (χ3n) is 3.42. The molecule has 2 amide bonds. The number of anilines is 1. The summed E-state index contributed by atoms with van der Waals surface area (Å²) in [6, 6.07) is 3.84. The van der Waals surface area contributed by atoms with Gasteiger partial charge in [0.2, 0.25) is 0 Å². The van der Waals surface area contributed by atoms with E-state index in [4.69, 9.17) is 33.7 Å². The number of nitrogens with one attached hydrogen (secondary N) is 1. The van der Waals surface area contributed by atoms with Crippen LogP contribution in [0.25, 0.3) is 5.69 Å². The predicted molar refractivity (Wildman–Crippen MR) is 84.8 cm³/mol. The standard InChI is InChI=1S/C14H9Cl2N3O4/c1-23-9-4-8(6(15)3-7(9)16)19-10(20)2-5-11(12(19)17)14(22)18-13(5)21/h2-4H,17H2,1H3,(H,18,21,22). The number of imide groups is 1. The lowest BCUT2D eigenvalue weighted by atomic mass is 10.1. The molecule has 1 aliphatic rings. The summed E-state index contributed by atoms with van der Waals surface area (Å²) < 4.78 is 6.12.